The fraction of sp³-hybridized carbons (Fsp3) is 0.190. The molecule has 0 radical (unpaired) electrons. The van der Waals surface area contributed by atoms with Crippen LogP contribution in [0, 0.1) is 27.7 Å². The van der Waals surface area contributed by atoms with Gasteiger partial charge in [-0.25, -0.2) is 0 Å². The third-order valence-corrected chi connectivity index (χ3v) is 4.88. The van der Waals surface area contributed by atoms with Crippen LogP contribution < -0.4 is 0 Å². The average Bonchev–Trinajstić information content (AvgIpc) is 2.81. The largest absolute Gasteiger partial charge is 0.313 e. The highest BCUT2D eigenvalue weighted by molar-refractivity contribution is 6.36. The summed E-state index contributed by atoms with van der Waals surface area (Å²) in [5.74, 6) is 0. The minimum absolute atomic E-state index is 0.743. The molecule has 0 aliphatic rings. The van der Waals surface area contributed by atoms with E-state index >= 15 is 0 Å². The minimum atomic E-state index is 0.743. The number of aromatic nitrogens is 2. The van der Waals surface area contributed by atoms with Crippen LogP contribution in [0.3, 0.4) is 0 Å². The highest BCUT2D eigenvalue weighted by Gasteiger charge is 2.20. The van der Waals surface area contributed by atoms with Gasteiger partial charge in [0.15, 0.2) is 0 Å². The van der Waals surface area contributed by atoms with Crippen molar-refractivity contribution in [3.8, 4) is 11.1 Å². The first-order valence-electron chi connectivity index (χ1n) is 8.11. The summed E-state index contributed by atoms with van der Waals surface area (Å²) in [6, 6.07) is 12.6. The lowest BCUT2D eigenvalue weighted by atomic mass is 9.93. The number of rotatable bonds is 1. The zero-order chi connectivity index (χ0) is 17.0. The number of nitrogens with zero attached hydrogens (tertiary/aromatic N) is 2. The van der Waals surface area contributed by atoms with Crippen LogP contribution in [0.2, 0.25) is 5.02 Å². The number of hydrogen-bond acceptors (Lipinski definition) is 1. The van der Waals surface area contributed by atoms with E-state index in [0.717, 1.165) is 27.3 Å². The average molecular weight is 335 g/mol. The zero-order valence-electron chi connectivity index (χ0n) is 14.3. The fourth-order valence-corrected chi connectivity index (χ4v) is 4.15. The van der Waals surface area contributed by atoms with E-state index in [2.05, 4.69) is 55.6 Å². The van der Waals surface area contributed by atoms with Gasteiger partial charge < -0.3 is 4.40 Å². The normalized spacial score (nSPS) is 11.5. The predicted molar refractivity (Wildman–Crippen MR) is 102 cm³/mol. The number of fused-ring (bicyclic) bond motifs is 3. The van der Waals surface area contributed by atoms with Crippen molar-refractivity contribution < 1.29 is 0 Å². The highest BCUT2D eigenvalue weighted by atomic mass is 35.5. The Morgan fingerprint density at radius 1 is 0.917 bits per heavy atom. The fourth-order valence-electron chi connectivity index (χ4n) is 3.81. The van der Waals surface area contributed by atoms with E-state index in [9.17, 15) is 0 Å². The zero-order valence-corrected chi connectivity index (χ0v) is 15.1. The Labute approximate surface area is 146 Å². The molecule has 0 amide bonds. The summed E-state index contributed by atoms with van der Waals surface area (Å²) in [6.07, 6.45) is 2.06. The lowest BCUT2D eigenvalue weighted by Crippen LogP contribution is -1.91. The summed E-state index contributed by atoms with van der Waals surface area (Å²) in [4.78, 5) is 4.85. The van der Waals surface area contributed by atoms with E-state index < -0.39 is 0 Å². The number of halogens is 1. The highest BCUT2D eigenvalue weighted by Crippen LogP contribution is 2.40. The second-order valence-electron chi connectivity index (χ2n) is 6.55. The van der Waals surface area contributed by atoms with Crippen LogP contribution in [0.15, 0.2) is 42.6 Å². The predicted octanol–water partition coefficient (Wildman–Crippen LogP) is 6.04. The van der Waals surface area contributed by atoms with Gasteiger partial charge in [-0.3, -0.25) is 4.98 Å². The van der Waals surface area contributed by atoms with Crippen molar-refractivity contribution in [2.45, 2.75) is 27.7 Å². The molecule has 3 heteroatoms. The molecule has 3 heterocycles. The molecule has 0 fully saturated rings. The molecule has 0 unspecified atom stereocenters. The summed E-state index contributed by atoms with van der Waals surface area (Å²) in [5, 5.41) is 0.743. The number of pyridine rings is 2. The van der Waals surface area contributed by atoms with Crippen molar-refractivity contribution in [2.75, 3.05) is 0 Å². The molecular weight excluding hydrogens is 316 g/mol. The van der Waals surface area contributed by atoms with Gasteiger partial charge in [-0.2, -0.15) is 0 Å². The van der Waals surface area contributed by atoms with Crippen molar-refractivity contribution in [2.24, 2.45) is 0 Å². The number of aryl methyl sites for hydroxylation is 4. The van der Waals surface area contributed by atoms with Crippen LogP contribution >= 0.6 is 11.6 Å². The molecular formula is C21H19ClN2. The second kappa shape index (κ2) is 5.35. The molecule has 0 atom stereocenters. The van der Waals surface area contributed by atoms with Gasteiger partial charge in [0.05, 0.1) is 21.6 Å². The van der Waals surface area contributed by atoms with Crippen molar-refractivity contribution >= 4 is 28.2 Å². The molecule has 3 aromatic heterocycles. The third kappa shape index (κ3) is 2.14. The standard InChI is InChI=1S/C21H19ClN2/c1-12-9-13(2)18(14(3)10-12)19-17-7-5-6-8-24(17)21-16(22)11-15(4)23-20(19)21/h5-11H,1-4H3. The molecule has 0 bridgehead atoms. The van der Waals surface area contributed by atoms with Gasteiger partial charge >= 0.3 is 0 Å². The van der Waals surface area contributed by atoms with Crippen molar-refractivity contribution in [3.63, 3.8) is 0 Å². The van der Waals surface area contributed by atoms with Crippen LogP contribution in [0.1, 0.15) is 22.4 Å². The summed E-state index contributed by atoms with van der Waals surface area (Å²) < 4.78 is 2.15. The van der Waals surface area contributed by atoms with Crippen LogP contribution in [0.4, 0.5) is 0 Å². The van der Waals surface area contributed by atoms with Crippen LogP contribution in [0.5, 0.6) is 0 Å². The first kappa shape index (κ1) is 15.2. The van der Waals surface area contributed by atoms with E-state index in [0.29, 0.717) is 0 Å². The molecule has 1 aromatic carbocycles. The van der Waals surface area contributed by atoms with E-state index in [-0.39, 0.29) is 0 Å². The molecule has 0 N–H and O–H groups in total. The summed E-state index contributed by atoms with van der Waals surface area (Å²) >= 11 is 6.59. The Morgan fingerprint density at radius 3 is 2.33 bits per heavy atom. The SMILES string of the molecule is Cc1cc(C)c(-c2c3nc(C)cc(Cl)c3n3ccccc23)c(C)c1. The van der Waals surface area contributed by atoms with Crippen molar-refractivity contribution in [1.82, 2.24) is 9.38 Å². The van der Waals surface area contributed by atoms with Crippen molar-refractivity contribution in [1.29, 1.82) is 0 Å². The maximum Gasteiger partial charge on any atom is 0.0988 e. The molecule has 24 heavy (non-hydrogen) atoms. The van der Waals surface area contributed by atoms with Crippen LogP contribution in [0.25, 0.3) is 27.7 Å². The molecule has 4 aromatic rings. The van der Waals surface area contributed by atoms with Gasteiger partial charge in [-0.05, 0) is 62.6 Å². The maximum atomic E-state index is 6.59. The molecule has 0 saturated heterocycles. The Hall–Kier alpha value is -2.32. The van der Waals surface area contributed by atoms with Gasteiger partial charge in [0.2, 0.25) is 0 Å². The molecule has 4 rings (SSSR count). The summed E-state index contributed by atoms with van der Waals surface area (Å²) in [6.45, 7) is 8.47. The molecule has 2 nitrogen and oxygen atoms in total. The minimum Gasteiger partial charge on any atom is -0.313 e. The van der Waals surface area contributed by atoms with Crippen molar-refractivity contribution in [3.05, 3.63) is 70.0 Å². The van der Waals surface area contributed by atoms with Crippen LogP contribution in [-0.2, 0) is 0 Å². The molecule has 0 spiro atoms. The summed E-state index contributed by atoms with van der Waals surface area (Å²) in [7, 11) is 0. The molecule has 0 aliphatic heterocycles. The first-order valence-corrected chi connectivity index (χ1v) is 8.49. The van der Waals surface area contributed by atoms with E-state index in [4.69, 9.17) is 16.6 Å². The monoisotopic (exact) mass is 334 g/mol. The van der Waals surface area contributed by atoms with Gasteiger partial charge in [0, 0.05) is 17.5 Å². The molecule has 0 aliphatic carbocycles. The molecule has 0 saturated carbocycles. The first-order chi connectivity index (χ1) is 11.5. The quantitative estimate of drug-likeness (QED) is 0.414. The Balaban J connectivity index is 2.27. The Morgan fingerprint density at radius 2 is 1.62 bits per heavy atom. The Bertz CT molecular complexity index is 1080. The summed E-state index contributed by atoms with van der Waals surface area (Å²) in [5.41, 5.74) is 10.3. The number of benzene rings is 1. The number of hydrogen-bond donors (Lipinski definition) is 0. The van der Waals surface area contributed by atoms with E-state index in [1.807, 2.05) is 19.1 Å². The topological polar surface area (TPSA) is 17.3 Å². The van der Waals surface area contributed by atoms with E-state index in [1.165, 1.54) is 27.8 Å². The maximum absolute atomic E-state index is 6.59. The lowest BCUT2D eigenvalue weighted by molar-refractivity contribution is 1.22. The van der Waals surface area contributed by atoms with E-state index in [1.54, 1.807) is 0 Å². The van der Waals surface area contributed by atoms with Gasteiger partial charge in [-0.1, -0.05) is 35.4 Å². The second-order valence-corrected chi connectivity index (χ2v) is 6.95. The lowest BCUT2D eigenvalue weighted by Gasteiger charge is -2.11. The van der Waals surface area contributed by atoms with Gasteiger partial charge in [0.1, 0.15) is 0 Å². The molecule has 120 valence electrons. The smallest absolute Gasteiger partial charge is 0.0988 e. The third-order valence-electron chi connectivity index (χ3n) is 4.60. The van der Waals surface area contributed by atoms with Crippen LogP contribution in [-0.4, -0.2) is 9.38 Å². The van der Waals surface area contributed by atoms with Gasteiger partial charge in [-0.15, -0.1) is 0 Å². The van der Waals surface area contributed by atoms with Gasteiger partial charge in [0.25, 0.3) is 0 Å². The Kier molecular flexibility index (Phi) is 3.40.